The Bertz CT molecular complexity index is 914. The molecule has 0 amide bonds. The second-order valence-corrected chi connectivity index (χ2v) is 39.8. The number of fused-ring (bicyclic) bond motifs is 10. The minimum atomic E-state index is -2.77. The molecule has 0 aliphatic carbocycles. The first-order valence-electron chi connectivity index (χ1n) is 9.24. The molecule has 4 unspecified atom stereocenters. The quantitative estimate of drug-likeness (QED) is 0.423. The fourth-order valence-corrected chi connectivity index (χ4v) is 109. The van der Waals surface area contributed by atoms with Crippen LogP contribution in [0.2, 0.25) is 43.3 Å². The molecule has 10 aliphatic heterocycles. The average molecular weight is 330 g/mol. The van der Waals surface area contributed by atoms with Crippen molar-refractivity contribution in [1.82, 2.24) is 0 Å². The molecule has 10 fully saturated rings. The summed E-state index contributed by atoms with van der Waals surface area (Å²) in [4.78, 5) is 13.9. The van der Waals surface area contributed by atoms with E-state index in [0.29, 0.717) is 7.92 Å². The first kappa shape index (κ1) is 9.30. The van der Waals surface area contributed by atoms with E-state index in [2.05, 4.69) is 27.7 Å². The van der Waals surface area contributed by atoms with E-state index in [4.69, 9.17) is 0 Å². The summed E-state index contributed by atoms with van der Waals surface area (Å²) in [6.07, 6.45) is 3.36. The Balaban J connectivity index is 1.34. The number of hydrogen-bond donors (Lipinski definition) is 0. The van der Waals surface area contributed by atoms with Gasteiger partial charge in [0.25, 0.3) is 0 Å². The van der Waals surface area contributed by atoms with Gasteiger partial charge in [0.2, 0.25) is 0 Å². The van der Waals surface area contributed by atoms with Crippen molar-refractivity contribution in [2.75, 3.05) is 12.3 Å². The molecule has 0 aromatic heterocycles. The Hall–Kier alpha value is 0.949. The standard InChI is InChI=1S/C13H22P.C5H5.Fe/c1-11(2)9-14(10-12(3)4)13-7-5-6-8-13;1-2-4-5-3-1;/h5-8,11-12H,9-10H2,1-4H3;1-5H;. The first-order valence-corrected chi connectivity index (χ1v) is 17.2. The van der Waals surface area contributed by atoms with Gasteiger partial charge in [-0.3, -0.25) is 0 Å². The number of hydrogen-bond acceptors (Lipinski definition) is 0. The molecule has 2 heteroatoms. The molecule has 0 N–H and O–H groups in total. The Morgan fingerprint density at radius 2 is 1.15 bits per heavy atom. The van der Waals surface area contributed by atoms with E-state index in [1.165, 1.54) is 4.05 Å². The molecule has 0 saturated carbocycles. The predicted octanol–water partition coefficient (Wildman–Crippen LogP) is 6.08. The molecular formula is C18H27FeP. The third kappa shape index (κ3) is 0.117. The Labute approximate surface area is 113 Å². The summed E-state index contributed by atoms with van der Waals surface area (Å²) in [5.74, 6) is 1.97. The van der Waals surface area contributed by atoms with E-state index in [9.17, 15) is 0 Å². The second kappa shape index (κ2) is 0.885. The van der Waals surface area contributed by atoms with Crippen LogP contribution in [0.25, 0.3) is 0 Å². The van der Waals surface area contributed by atoms with Crippen molar-refractivity contribution >= 4 is 7.92 Å². The molecule has 20 heavy (non-hydrogen) atoms. The van der Waals surface area contributed by atoms with Crippen LogP contribution in [0.4, 0.5) is 0 Å². The van der Waals surface area contributed by atoms with Crippen molar-refractivity contribution in [3.8, 4) is 0 Å². The molecule has 10 saturated heterocycles. The van der Waals surface area contributed by atoms with E-state index in [0.717, 1.165) is 11.8 Å². The van der Waals surface area contributed by atoms with Crippen molar-refractivity contribution in [3.05, 3.63) is 0 Å². The van der Waals surface area contributed by atoms with Crippen LogP contribution in [0.15, 0.2) is 0 Å². The van der Waals surface area contributed by atoms with E-state index in [-0.39, 0.29) is 0 Å². The van der Waals surface area contributed by atoms with Gasteiger partial charge in [-0.15, -0.1) is 0 Å². The Kier molecular flexibility index (Phi) is 0.411. The third-order valence-corrected chi connectivity index (χ3v) is 66.9. The van der Waals surface area contributed by atoms with Gasteiger partial charge in [-0.2, -0.15) is 0 Å². The molecule has 4 atom stereocenters. The number of rotatable bonds is 5. The predicted molar refractivity (Wildman–Crippen MR) is 82.8 cm³/mol. The first-order chi connectivity index (χ1) is 9.28. The van der Waals surface area contributed by atoms with Crippen LogP contribution in [0, 0.1) is 11.8 Å². The molecule has 0 aromatic rings. The summed E-state index contributed by atoms with van der Waals surface area (Å²) in [6.45, 7) is 7.34. The van der Waals surface area contributed by atoms with Gasteiger partial charge in [-0.1, -0.05) is 0 Å². The van der Waals surface area contributed by atoms with Crippen molar-refractivity contribution in [3.63, 3.8) is 0 Å². The summed E-state index contributed by atoms with van der Waals surface area (Å²) in [5.41, 5.74) is 0. The van der Waals surface area contributed by atoms with E-state index >= 15 is 0 Å². The zero-order valence-corrected chi connectivity index (χ0v) is 15.1. The van der Waals surface area contributed by atoms with Crippen LogP contribution in [-0.2, 0) is 6.51 Å². The van der Waals surface area contributed by atoms with Crippen LogP contribution in [0.5, 0.6) is 0 Å². The Morgan fingerprint density at radius 1 is 0.750 bits per heavy atom. The molecule has 112 valence electrons. The molecular weight excluding hydrogens is 303 g/mol. The van der Waals surface area contributed by atoms with Gasteiger partial charge in [0.1, 0.15) is 0 Å². The van der Waals surface area contributed by atoms with Crippen molar-refractivity contribution in [2.45, 2.75) is 75.1 Å². The second-order valence-electron chi connectivity index (χ2n) is 13.3. The summed E-state index contributed by atoms with van der Waals surface area (Å²) in [5, 5.41) is 0. The zero-order chi connectivity index (χ0) is 13.2. The van der Waals surface area contributed by atoms with E-state index < -0.39 is 6.51 Å². The van der Waals surface area contributed by atoms with Gasteiger partial charge in [0.15, 0.2) is 0 Å². The monoisotopic (exact) mass is 330 g/mol. The molecule has 0 aromatic carbocycles. The fraction of sp³-hybridized carbons (Fsp3) is 1.00. The van der Waals surface area contributed by atoms with Gasteiger partial charge in [0.05, 0.1) is 0 Å². The average Bonchev–Trinajstić information content (AvgIpc) is 3.30. The van der Waals surface area contributed by atoms with Gasteiger partial charge >= 0.3 is 114 Å². The molecule has 0 radical (unpaired) electrons. The maximum absolute atomic E-state index is 2.77. The van der Waals surface area contributed by atoms with Gasteiger partial charge < -0.3 is 0 Å². The van der Waals surface area contributed by atoms with E-state index in [1.807, 2.05) is 0 Å². The SMILES string of the molecule is CC(C)CP(CC(C)C)[C]12[CH]3[CH]4[CH]5[CH]1[Fe]45321678[CH]2[CH]1[CH]6[CH]7[CH]28. The van der Waals surface area contributed by atoms with Gasteiger partial charge in [0, 0.05) is 0 Å². The molecule has 0 nitrogen and oxygen atoms in total. The molecule has 10 aliphatic rings. The van der Waals surface area contributed by atoms with Crippen LogP contribution in [0.1, 0.15) is 27.7 Å². The summed E-state index contributed by atoms with van der Waals surface area (Å²) in [7, 11) is 0.443. The third-order valence-electron chi connectivity index (χ3n) is 16.3. The Morgan fingerprint density at radius 3 is 1.35 bits per heavy atom. The van der Waals surface area contributed by atoms with Crippen molar-refractivity contribution in [2.24, 2.45) is 11.8 Å². The summed E-state index contributed by atoms with van der Waals surface area (Å²) < 4.78 is 1.24. The summed E-state index contributed by atoms with van der Waals surface area (Å²) >= 11 is 0. The molecule has 10 rings (SSSR count). The molecule has 0 bridgehead atoms. The van der Waals surface area contributed by atoms with Gasteiger partial charge in [-0.05, 0) is 0 Å². The minimum absolute atomic E-state index is 0.443. The maximum atomic E-state index is 2.53. The molecule has 10 heterocycles. The van der Waals surface area contributed by atoms with Crippen LogP contribution >= 0.6 is 7.92 Å². The topological polar surface area (TPSA) is 0 Å². The van der Waals surface area contributed by atoms with Crippen molar-refractivity contribution in [1.29, 1.82) is 0 Å². The van der Waals surface area contributed by atoms with Crippen LogP contribution in [-0.4, -0.2) is 16.4 Å². The fourth-order valence-electron chi connectivity index (χ4n) is 18.2. The summed E-state index contributed by atoms with van der Waals surface area (Å²) in [6, 6.07) is 0. The van der Waals surface area contributed by atoms with Crippen LogP contribution < -0.4 is 0 Å². The van der Waals surface area contributed by atoms with Gasteiger partial charge in [-0.25, -0.2) is 0 Å². The molecule has 1 spiro atoms. The van der Waals surface area contributed by atoms with E-state index in [1.54, 1.807) is 55.7 Å². The normalized spacial score (nSPS) is 104. The van der Waals surface area contributed by atoms with Crippen molar-refractivity contribution < 1.29 is 6.51 Å². The van der Waals surface area contributed by atoms with Crippen LogP contribution in [0.3, 0.4) is 0 Å². The zero-order valence-electron chi connectivity index (χ0n) is 13.1.